The third-order valence-corrected chi connectivity index (χ3v) is 2.77. The summed E-state index contributed by atoms with van der Waals surface area (Å²) in [4.78, 5) is 15.1. The maximum absolute atomic E-state index is 11.2. The zero-order valence-corrected chi connectivity index (χ0v) is 8.80. The zero-order valence-electron chi connectivity index (χ0n) is 7.98. The highest BCUT2D eigenvalue weighted by atomic mass is 32.2. The Kier molecular flexibility index (Phi) is 3.48. The normalized spacial score (nSPS) is 14.8. The molecule has 0 spiro atoms. The van der Waals surface area contributed by atoms with Gasteiger partial charge in [0.05, 0.1) is 7.11 Å². The summed E-state index contributed by atoms with van der Waals surface area (Å²) in [6.45, 7) is 1.61. The van der Waals surface area contributed by atoms with Crippen molar-refractivity contribution in [2.24, 2.45) is 5.73 Å². The van der Waals surface area contributed by atoms with Gasteiger partial charge in [-0.15, -0.1) is 0 Å². The lowest BCUT2D eigenvalue weighted by Crippen LogP contribution is -2.48. The number of nitrogens with zero attached hydrogens (tertiary/aromatic N) is 2. The molecule has 1 unspecified atom stereocenters. The minimum atomic E-state index is -1.01. The molecule has 7 heteroatoms. The second kappa shape index (κ2) is 4.43. The lowest BCUT2D eigenvalue weighted by Gasteiger charge is -2.19. The fourth-order valence-electron chi connectivity index (χ4n) is 0.774. The molecular formula is C7H12N4O2S. The number of aromatic nitrogens is 3. The van der Waals surface area contributed by atoms with Crippen LogP contribution in [0.4, 0.5) is 0 Å². The van der Waals surface area contributed by atoms with Gasteiger partial charge in [-0.1, -0.05) is 11.8 Å². The van der Waals surface area contributed by atoms with E-state index in [-0.39, 0.29) is 0 Å². The first-order valence-corrected chi connectivity index (χ1v) is 4.90. The lowest BCUT2D eigenvalue weighted by atomic mass is 10.1. The molecule has 0 aliphatic carbocycles. The Hall–Kier alpha value is -1.08. The Morgan fingerprint density at radius 3 is 3.07 bits per heavy atom. The van der Waals surface area contributed by atoms with E-state index in [1.54, 1.807) is 6.92 Å². The van der Waals surface area contributed by atoms with Crippen LogP contribution in [0.1, 0.15) is 6.92 Å². The van der Waals surface area contributed by atoms with E-state index in [2.05, 4.69) is 19.9 Å². The van der Waals surface area contributed by atoms with Crippen LogP contribution in [0.5, 0.6) is 0 Å². The van der Waals surface area contributed by atoms with Gasteiger partial charge >= 0.3 is 5.97 Å². The van der Waals surface area contributed by atoms with Crippen molar-refractivity contribution in [3.8, 4) is 0 Å². The largest absolute Gasteiger partial charge is 0.468 e. The summed E-state index contributed by atoms with van der Waals surface area (Å²) in [5.74, 6) is -0.0565. The lowest BCUT2D eigenvalue weighted by molar-refractivity contribution is -0.145. The van der Waals surface area contributed by atoms with E-state index in [0.717, 1.165) is 0 Å². The maximum Gasteiger partial charge on any atom is 0.326 e. The minimum Gasteiger partial charge on any atom is -0.468 e. The number of nitrogens with two attached hydrogens (primary N) is 1. The van der Waals surface area contributed by atoms with Gasteiger partial charge in [0.15, 0.2) is 5.16 Å². The van der Waals surface area contributed by atoms with Crippen molar-refractivity contribution in [1.29, 1.82) is 0 Å². The van der Waals surface area contributed by atoms with Crippen molar-refractivity contribution in [3.63, 3.8) is 0 Å². The summed E-state index contributed by atoms with van der Waals surface area (Å²) in [7, 11) is 1.31. The molecule has 0 fully saturated rings. The van der Waals surface area contributed by atoms with Crippen LogP contribution in [-0.2, 0) is 9.53 Å². The van der Waals surface area contributed by atoms with E-state index < -0.39 is 11.5 Å². The molecule has 0 amide bonds. The molecule has 6 nitrogen and oxygen atoms in total. The molecule has 0 aromatic carbocycles. The summed E-state index contributed by atoms with van der Waals surface area (Å²) in [5.41, 5.74) is 4.72. The number of hydrogen-bond donors (Lipinski definition) is 2. The van der Waals surface area contributed by atoms with Crippen molar-refractivity contribution in [2.75, 3.05) is 12.9 Å². The molecule has 1 aromatic heterocycles. The predicted octanol–water partition coefficient (Wildman–Crippen LogP) is -0.213. The van der Waals surface area contributed by atoms with Crippen LogP contribution in [0.15, 0.2) is 11.5 Å². The minimum absolute atomic E-state index is 0.384. The van der Waals surface area contributed by atoms with Crippen molar-refractivity contribution in [3.05, 3.63) is 6.33 Å². The highest BCUT2D eigenvalue weighted by Gasteiger charge is 2.29. The molecule has 0 saturated carbocycles. The van der Waals surface area contributed by atoms with Gasteiger partial charge in [-0.3, -0.25) is 9.89 Å². The molecule has 1 aromatic rings. The number of thioether (sulfide) groups is 1. The molecule has 14 heavy (non-hydrogen) atoms. The van der Waals surface area contributed by atoms with Gasteiger partial charge in [-0.05, 0) is 6.92 Å². The van der Waals surface area contributed by atoms with Crippen LogP contribution < -0.4 is 5.73 Å². The Morgan fingerprint density at radius 2 is 2.57 bits per heavy atom. The number of esters is 1. The van der Waals surface area contributed by atoms with E-state index in [0.29, 0.717) is 10.9 Å². The van der Waals surface area contributed by atoms with Crippen LogP contribution >= 0.6 is 11.8 Å². The fourth-order valence-corrected chi connectivity index (χ4v) is 1.57. The van der Waals surface area contributed by atoms with Crippen LogP contribution in [-0.4, -0.2) is 39.6 Å². The van der Waals surface area contributed by atoms with Crippen LogP contribution in [0, 0.1) is 0 Å². The summed E-state index contributed by atoms with van der Waals surface area (Å²) < 4.78 is 4.56. The van der Waals surface area contributed by atoms with Crippen LogP contribution in [0.3, 0.4) is 0 Å². The second-order valence-electron chi connectivity index (χ2n) is 2.99. The van der Waals surface area contributed by atoms with Crippen LogP contribution in [0.2, 0.25) is 0 Å². The highest BCUT2D eigenvalue weighted by molar-refractivity contribution is 7.99. The number of ether oxygens (including phenoxy) is 1. The highest BCUT2D eigenvalue weighted by Crippen LogP contribution is 2.17. The number of H-pyrrole nitrogens is 1. The van der Waals surface area contributed by atoms with Gasteiger partial charge in [-0.25, -0.2) is 4.98 Å². The standard InChI is InChI=1S/C7H12N4O2S/c1-7(8,5(12)13-2)3-14-6-9-4-10-11-6/h4H,3,8H2,1-2H3,(H,9,10,11). The first kappa shape index (κ1) is 11.0. The van der Waals surface area contributed by atoms with Crippen molar-refractivity contribution >= 4 is 17.7 Å². The zero-order chi connectivity index (χ0) is 10.6. The average molecular weight is 216 g/mol. The van der Waals surface area contributed by atoms with E-state index in [1.807, 2.05) is 0 Å². The third-order valence-electron chi connectivity index (χ3n) is 1.55. The smallest absolute Gasteiger partial charge is 0.326 e. The first-order chi connectivity index (χ1) is 6.56. The Bertz CT molecular complexity index is 299. The van der Waals surface area contributed by atoms with E-state index in [4.69, 9.17) is 5.73 Å². The molecule has 0 bridgehead atoms. The Labute approximate surface area is 85.6 Å². The van der Waals surface area contributed by atoms with Gasteiger partial charge < -0.3 is 10.5 Å². The van der Waals surface area contributed by atoms with Gasteiger partial charge in [0.25, 0.3) is 0 Å². The quantitative estimate of drug-likeness (QED) is 0.534. The van der Waals surface area contributed by atoms with Crippen molar-refractivity contribution < 1.29 is 9.53 Å². The Morgan fingerprint density at radius 1 is 1.86 bits per heavy atom. The Balaban J connectivity index is 2.48. The number of carbonyl (C=O) groups is 1. The monoisotopic (exact) mass is 216 g/mol. The average Bonchev–Trinajstić information content (AvgIpc) is 2.66. The van der Waals surface area contributed by atoms with Gasteiger partial charge in [0, 0.05) is 5.75 Å². The van der Waals surface area contributed by atoms with E-state index in [1.165, 1.54) is 25.2 Å². The van der Waals surface area contributed by atoms with Crippen molar-refractivity contribution in [2.45, 2.75) is 17.6 Å². The molecule has 78 valence electrons. The number of aromatic amines is 1. The molecule has 0 radical (unpaired) electrons. The van der Waals surface area contributed by atoms with Crippen LogP contribution in [0.25, 0.3) is 0 Å². The number of hydrogen-bond acceptors (Lipinski definition) is 6. The second-order valence-corrected chi connectivity index (χ2v) is 3.95. The maximum atomic E-state index is 11.2. The molecule has 0 aliphatic rings. The predicted molar refractivity (Wildman–Crippen MR) is 51.7 cm³/mol. The fraction of sp³-hybridized carbons (Fsp3) is 0.571. The number of rotatable bonds is 4. The van der Waals surface area contributed by atoms with E-state index in [9.17, 15) is 4.79 Å². The number of carbonyl (C=O) groups excluding carboxylic acids is 1. The molecule has 1 heterocycles. The number of methoxy groups -OCH3 is 1. The summed E-state index contributed by atoms with van der Waals surface area (Å²) >= 11 is 1.32. The topological polar surface area (TPSA) is 93.9 Å². The summed E-state index contributed by atoms with van der Waals surface area (Å²) in [5, 5.41) is 6.96. The van der Waals surface area contributed by atoms with Gasteiger partial charge in [0.1, 0.15) is 11.9 Å². The molecular weight excluding hydrogens is 204 g/mol. The molecule has 1 atom stereocenters. The summed E-state index contributed by atoms with van der Waals surface area (Å²) in [6, 6.07) is 0. The molecule has 3 N–H and O–H groups in total. The van der Waals surface area contributed by atoms with Gasteiger partial charge in [-0.2, -0.15) is 5.10 Å². The van der Waals surface area contributed by atoms with Crippen molar-refractivity contribution in [1.82, 2.24) is 15.2 Å². The molecule has 0 aliphatic heterocycles. The molecule has 0 saturated heterocycles. The third kappa shape index (κ3) is 2.71. The SMILES string of the molecule is COC(=O)C(C)(N)CSc1ncn[nH]1. The van der Waals surface area contributed by atoms with Gasteiger partial charge in [0.2, 0.25) is 0 Å². The first-order valence-electron chi connectivity index (χ1n) is 3.92. The number of nitrogens with one attached hydrogen (secondary N) is 1. The molecule has 1 rings (SSSR count). The van der Waals surface area contributed by atoms with E-state index >= 15 is 0 Å². The summed E-state index contributed by atoms with van der Waals surface area (Å²) in [6.07, 6.45) is 1.40.